The summed E-state index contributed by atoms with van der Waals surface area (Å²) in [4.78, 5) is 13.8. The lowest BCUT2D eigenvalue weighted by Gasteiger charge is -2.23. The van der Waals surface area contributed by atoms with Crippen molar-refractivity contribution in [3.8, 4) is 0 Å². The molecule has 0 saturated carbocycles. The van der Waals surface area contributed by atoms with Crippen LogP contribution in [0.4, 0.5) is 13.2 Å². The van der Waals surface area contributed by atoms with E-state index < -0.39 is 17.6 Å². The molecule has 1 aliphatic heterocycles. The highest BCUT2D eigenvalue weighted by molar-refractivity contribution is 6.33. The van der Waals surface area contributed by atoms with E-state index in [4.69, 9.17) is 16.3 Å². The predicted molar refractivity (Wildman–Crippen MR) is 73.8 cm³/mol. The second-order valence-electron chi connectivity index (χ2n) is 5.07. The lowest BCUT2D eigenvalue weighted by atomic mass is 10.1. The number of hydrogen-bond donors (Lipinski definition) is 1. The molecule has 1 aromatic rings. The number of carbonyl (C=O) groups is 1. The average molecular weight is 338 g/mol. The second kappa shape index (κ2) is 6.85. The van der Waals surface area contributed by atoms with Gasteiger partial charge in [0.05, 0.1) is 29.4 Å². The van der Waals surface area contributed by atoms with Crippen LogP contribution in [0.15, 0.2) is 18.2 Å². The molecule has 1 N–H and O–H groups in total. The Morgan fingerprint density at radius 1 is 1.45 bits per heavy atom. The summed E-state index contributed by atoms with van der Waals surface area (Å²) in [5.41, 5.74) is -1.12. The Kier molecular flexibility index (Phi) is 5.31. The first-order chi connectivity index (χ1) is 10.3. The fourth-order valence-corrected chi connectivity index (χ4v) is 2.41. The quantitative estimate of drug-likeness (QED) is 0.902. The average Bonchev–Trinajstić information content (AvgIpc) is 2.71. The monoisotopic (exact) mass is 337 g/mol. The van der Waals surface area contributed by atoms with E-state index in [2.05, 4.69) is 0 Å². The highest BCUT2D eigenvalue weighted by atomic mass is 35.5. The van der Waals surface area contributed by atoms with E-state index in [1.165, 1.54) is 4.90 Å². The van der Waals surface area contributed by atoms with E-state index in [9.17, 15) is 23.1 Å². The first-order valence-electron chi connectivity index (χ1n) is 6.67. The molecule has 1 atom stereocenters. The van der Waals surface area contributed by atoms with Crippen LogP contribution in [-0.4, -0.2) is 48.8 Å². The van der Waals surface area contributed by atoms with Crippen LogP contribution in [0, 0.1) is 5.92 Å². The predicted octanol–water partition coefficient (Wildman–Crippen LogP) is 2.44. The van der Waals surface area contributed by atoms with Crippen molar-refractivity contribution in [1.82, 2.24) is 4.90 Å². The van der Waals surface area contributed by atoms with Gasteiger partial charge in [-0.25, -0.2) is 0 Å². The van der Waals surface area contributed by atoms with Crippen molar-refractivity contribution < 1.29 is 27.8 Å². The number of aliphatic hydroxyl groups excluding tert-OH is 1. The Labute approximate surface area is 130 Å². The van der Waals surface area contributed by atoms with E-state index >= 15 is 0 Å². The molecule has 1 aromatic carbocycles. The van der Waals surface area contributed by atoms with Crippen molar-refractivity contribution in [3.63, 3.8) is 0 Å². The third-order valence-corrected chi connectivity index (χ3v) is 3.74. The van der Waals surface area contributed by atoms with Crippen molar-refractivity contribution >= 4 is 17.5 Å². The number of nitrogens with zero attached hydrogens (tertiary/aromatic N) is 1. The summed E-state index contributed by atoms with van der Waals surface area (Å²) in [6, 6.07) is 2.65. The fourth-order valence-electron chi connectivity index (χ4n) is 2.21. The molecule has 1 amide bonds. The van der Waals surface area contributed by atoms with Crippen LogP contribution in [0.5, 0.6) is 0 Å². The molecular formula is C14H15ClF3NO3. The van der Waals surface area contributed by atoms with E-state index in [1.54, 1.807) is 0 Å². The normalized spacial score (nSPS) is 19.9. The van der Waals surface area contributed by atoms with Gasteiger partial charge in [-0.3, -0.25) is 4.79 Å². The van der Waals surface area contributed by atoms with Crippen molar-refractivity contribution in [2.75, 3.05) is 32.9 Å². The Bertz CT molecular complexity index is 551. The van der Waals surface area contributed by atoms with Gasteiger partial charge < -0.3 is 14.7 Å². The molecule has 0 spiro atoms. The van der Waals surface area contributed by atoms with E-state index in [1.807, 2.05) is 0 Å². The first kappa shape index (κ1) is 17.1. The summed E-state index contributed by atoms with van der Waals surface area (Å²) >= 11 is 5.88. The third kappa shape index (κ3) is 3.91. The molecule has 1 aliphatic rings. The molecule has 0 unspecified atom stereocenters. The lowest BCUT2D eigenvalue weighted by molar-refractivity contribution is -0.137. The van der Waals surface area contributed by atoms with Crippen molar-refractivity contribution in [1.29, 1.82) is 0 Å². The maximum absolute atomic E-state index is 12.8. The molecule has 8 heteroatoms. The van der Waals surface area contributed by atoms with Crippen LogP contribution in [0.2, 0.25) is 5.02 Å². The molecule has 4 nitrogen and oxygen atoms in total. The summed E-state index contributed by atoms with van der Waals surface area (Å²) in [6.07, 6.45) is -4.55. The molecule has 2 rings (SSSR count). The summed E-state index contributed by atoms with van der Waals surface area (Å²) in [7, 11) is 0. The molecule has 1 heterocycles. The number of hydrogen-bond acceptors (Lipinski definition) is 3. The Hall–Kier alpha value is -1.31. The molecule has 1 saturated heterocycles. The number of ether oxygens (including phenoxy) is 1. The van der Waals surface area contributed by atoms with Gasteiger partial charge in [0.25, 0.3) is 5.91 Å². The summed E-state index contributed by atoms with van der Waals surface area (Å²) in [6.45, 7) is 0.847. The SMILES string of the molecule is O=C(c1cc(C(F)(F)F)ccc1Cl)N1CCOC[C@H](CO)C1. The van der Waals surface area contributed by atoms with Gasteiger partial charge in [0, 0.05) is 25.6 Å². The van der Waals surface area contributed by atoms with Gasteiger partial charge in [-0.15, -0.1) is 0 Å². The second-order valence-corrected chi connectivity index (χ2v) is 5.47. The Balaban J connectivity index is 2.28. The zero-order valence-electron chi connectivity index (χ0n) is 11.6. The molecule has 22 heavy (non-hydrogen) atoms. The number of benzene rings is 1. The summed E-state index contributed by atoms with van der Waals surface area (Å²) in [5.74, 6) is -0.865. The standard InChI is InChI=1S/C14H15ClF3NO3/c15-12-2-1-10(14(16,17)18)5-11(12)13(21)19-3-4-22-8-9(6-19)7-20/h1-2,5,9,20H,3-4,6-8H2/t9-/m0/s1. The highest BCUT2D eigenvalue weighted by Gasteiger charge is 2.32. The van der Waals surface area contributed by atoms with Crippen LogP contribution < -0.4 is 0 Å². The van der Waals surface area contributed by atoms with E-state index in [0.717, 1.165) is 18.2 Å². The largest absolute Gasteiger partial charge is 0.416 e. The topological polar surface area (TPSA) is 49.8 Å². The smallest absolute Gasteiger partial charge is 0.396 e. The molecule has 0 bridgehead atoms. The van der Waals surface area contributed by atoms with Crippen LogP contribution in [0.3, 0.4) is 0 Å². The van der Waals surface area contributed by atoms with E-state index in [-0.39, 0.29) is 42.8 Å². The number of rotatable bonds is 2. The van der Waals surface area contributed by atoms with Crippen LogP contribution >= 0.6 is 11.6 Å². The zero-order chi connectivity index (χ0) is 16.3. The molecule has 0 aliphatic carbocycles. The molecular weight excluding hydrogens is 323 g/mol. The van der Waals surface area contributed by atoms with Gasteiger partial charge in [-0.2, -0.15) is 13.2 Å². The first-order valence-corrected chi connectivity index (χ1v) is 7.05. The van der Waals surface area contributed by atoms with Gasteiger partial charge in [0.1, 0.15) is 0 Å². The van der Waals surface area contributed by atoms with Crippen molar-refractivity contribution in [2.45, 2.75) is 6.18 Å². The minimum absolute atomic E-state index is 0.0382. The maximum atomic E-state index is 12.8. The lowest BCUT2D eigenvalue weighted by Crippen LogP contribution is -2.37. The van der Waals surface area contributed by atoms with Crippen LogP contribution in [0.25, 0.3) is 0 Å². The summed E-state index contributed by atoms with van der Waals surface area (Å²) in [5, 5.41) is 9.16. The number of carbonyl (C=O) groups excluding carboxylic acids is 1. The molecule has 0 aromatic heterocycles. The minimum atomic E-state index is -4.55. The van der Waals surface area contributed by atoms with E-state index in [0.29, 0.717) is 6.61 Å². The van der Waals surface area contributed by atoms with Crippen LogP contribution in [0.1, 0.15) is 15.9 Å². The zero-order valence-corrected chi connectivity index (χ0v) is 12.3. The fraction of sp³-hybridized carbons (Fsp3) is 0.500. The van der Waals surface area contributed by atoms with Gasteiger partial charge in [0.15, 0.2) is 0 Å². The number of halogens is 4. The third-order valence-electron chi connectivity index (χ3n) is 3.41. The number of aliphatic hydroxyl groups is 1. The van der Waals surface area contributed by atoms with Crippen molar-refractivity contribution in [2.24, 2.45) is 5.92 Å². The molecule has 0 radical (unpaired) electrons. The number of alkyl halides is 3. The van der Waals surface area contributed by atoms with Crippen LogP contribution in [-0.2, 0) is 10.9 Å². The number of amides is 1. The van der Waals surface area contributed by atoms with Crippen molar-refractivity contribution in [3.05, 3.63) is 34.3 Å². The minimum Gasteiger partial charge on any atom is -0.396 e. The highest BCUT2D eigenvalue weighted by Crippen LogP contribution is 2.32. The summed E-state index contributed by atoms with van der Waals surface area (Å²) < 4.78 is 43.6. The Morgan fingerprint density at radius 3 is 2.82 bits per heavy atom. The molecule has 122 valence electrons. The van der Waals surface area contributed by atoms with Gasteiger partial charge in [-0.05, 0) is 18.2 Å². The van der Waals surface area contributed by atoms with Gasteiger partial charge in [-0.1, -0.05) is 11.6 Å². The molecule has 1 fully saturated rings. The van der Waals surface area contributed by atoms with Gasteiger partial charge >= 0.3 is 6.18 Å². The Morgan fingerprint density at radius 2 is 2.18 bits per heavy atom. The van der Waals surface area contributed by atoms with Gasteiger partial charge in [0.2, 0.25) is 0 Å². The maximum Gasteiger partial charge on any atom is 0.416 e.